The second-order valence-electron chi connectivity index (χ2n) is 4.86. The lowest BCUT2D eigenvalue weighted by Crippen LogP contribution is -2.41. The van der Waals surface area contributed by atoms with Gasteiger partial charge in [-0.15, -0.1) is 0 Å². The summed E-state index contributed by atoms with van der Waals surface area (Å²) in [6.45, 7) is 2.77. The Hall–Kier alpha value is -2.22. The molecule has 8 heteroatoms. The molecule has 0 fully saturated rings. The Morgan fingerprint density at radius 1 is 1.60 bits per heavy atom. The van der Waals surface area contributed by atoms with Crippen molar-refractivity contribution in [1.82, 2.24) is 25.2 Å². The first-order chi connectivity index (χ1) is 9.70. The van der Waals surface area contributed by atoms with Crippen molar-refractivity contribution in [2.45, 2.75) is 32.4 Å². The number of aromatic nitrogens is 4. The van der Waals surface area contributed by atoms with Crippen LogP contribution in [0, 0.1) is 6.92 Å². The van der Waals surface area contributed by atoms with Gasteiger partial charge in [-0.2, -0.15) is 5.10 Å². The highest BCUT2D eigenvalue weighted by Gasteiger charge is 2.20. The molecule has 1 aliphatic heterocycles. The molecule has 3 rings (SSSR count). The lowest BCUT2D eigenvalue weighted by atomic mass is 10.1. The van der Waals surface area contributed by atoms with Gasteiger partial charge in [-0.3, -0.25) is 10.1 Å². The second-order valence-corrected chi connectivity index (χ2v) is 4.86. The first-order valence-corrected chi connectivity index (χ1v) is 6.54. The maximum atomic E-state index is 11.8. The third kappa shape index (κ3) is 2.85. The smallest absolute Gasteiger partial charge is 0.240 e. The van der Waals surface area contributed by atoms with Gasteiger partial charge in [-0.05, 0) is 13.3 Å². The van der Waals surface area contributed by atoms with E-state index < -0.39 is 0 Å². The van der Waals surface area contributed by atoms with Crippen LogP contribution in [-0.4, -0.2) is 38.4 Å². The predicted octanol–water partition coefficient (Wildman–Crippen LogP) is 0.118. The van der Waals surface area contributed by atoms with Crippen molar-refractivity contribution in [2.24, 2.45) is 0 Å². The van der Waals surface area contributed by atoms with E-state index in [1.54, 1.807) is 19.3 Å². The van der Waals surface area contributed by atoms with Crippen molar-refractivity contribution in [3.63, 3.8) is 0 Å². The van der Waals surface area contributed by atoms with E-state index in [0.29, 0.717) is 5.88 Å². The minimum absolute atomic E-state index is 0.148. The van der Waals surface area contributed by atoms with E-state index in [4.69, 9.17) is 4.52 Å². The normalized spacial score (nSPS) is 17.8. The molecule has 2 N–H and O–H groups in total. The summed E-state index contributed by atoms with van der Waals surface area (Å²) < 4.78 is 6.80. The van der Waals surface area contributed by atoms with Crippen LogP contribution < -0.4 is 10.6 Å². The SMILES string of the molecule is Cc1cc(NC(=O)CN[C@@H]2CCc3ncnn3C2)on1. The number of aryl methyl sites for hydroxylation is 2. The van der Waals surface area contributed by atoms with Gasteiger partial charge in [0.25, 0.3) is 0 Å². The molecule has 1 aliphatic rings. The molecule has 8 nitrogen and oxygen atoms in total. The van der Waals surface area contributed by atoms with E-state index >= 15 is 0 Å². The van der Waals surface area contributed by atoms with E-state index in [-0.39, 0.29) is 18.5 Å². The van der Waals surface area contributed by atoms with Crippen LogP contribution >= 0.6 is 0 Å². The van der Waals surface area contributed by atoms with Crippen LogP contribution in [0.3, 0.4) is 0 Å². The first kappa shape index (κ1) is 12.8. The molecule has 2 aromatic heterocycles. The lowest BCUT2D eigenvalue weighted by Gasteiger charge is -2.23. The number of hydrogen-bond acceptors (Lipinski definition) is 6. The summed E-state index contributed by atoms with van der Waals surface area (Å²) in [6.07, 6.45) is 3.39. The van der Waals surface area contributed by atoms with Crippen molar-refractivity contribution in [3.05, 3.63) is 23.9 Å². The van der Waals surface area contributed by atoms with Gasteiger partial charge in [0, 0.05) is 18.5 Å². The van der Waals surface area contributed by atoms with Gasteiger partial charge < -0.3 is 9.84 Å². The predicted molar refractivity (Wildman–Crippen MR) is 70.0 cm³/mol. The molecule has 0 unspecified atom stereocenters. The molecule has 1 atom stereocenters. The van der Waals surface area contributed by atoms with Gasteiger partial charge >= 0.3 is 0 Å². The van der Waals surface area contributed by atoms with Gasteiger partial charge in [0.05, 0.1) is 18.8 Å². The minimum Gasteiger partial charge on any atom is -0.338 e. The van der Waals surface area contributed by atoms with E-state index in [1.165, 1.54) is 0 Å². The molecule has 106 valence electrons. The highest BCUT2D eigenvalue weighted by molar-refractivity contribution is 5.90. The van der Waals surface area contributed by atoms with Gasteiger partial charge in [0.15, 0.2) is 0 Å². The summed E-state index contributed by atoms with van der Waals surface area (Å²) in [5.41, 5.74) is 0.735. The van der Waals surface area contributed by atoms with E-state index in [2.05, 4.69) is 25.9 Å². The Morgan fingerprint density at radius 2 is 2.50 bits per heavy atom. The maximum absolute atomic E-state index is 11.8. The van der Waals surface area contributed by atoms with Gasteiger partial charge in [0.2, 0.25) is 11.8 Å². The van der Waals surface area contributed by atoms with Crippen LogP contribution in [0.4, 0.5) is 5.88 Å². The lowest BCUT2D eigenvalue weighted by molar-refractivity contribution is -0.115. The monoisotopic (exact) mass is 276 g/mol. The molecular formula is C12H16N6O2. The Balaban J connectivity index is 1.47. The van der Waals surface area contributed by atoms with Crippen LogP contribution in [0.25, 0.3) is 0 Å². The first-order valence-electron chi connectivity index (χ1n) is 6.54. The minimum atomic E-state index is -0.148. The molecule has 20 heavy (non-hydrogen) atoms. The summed E-state index contributed by atoms with van der Waals surface area (Å²) in [5, 5.41) is 13.7. The maximum Gasteiger partial charge on any atom is 0.240 e. The number of carbonyl (C=O) groups is 1. The largest absolute Gasteiger partial charge is 0.338 e. The number of nitrogens with zero attached hydrogens (tertiary/aromatic N) is 4. The van der Waals surface area contributed by atoms with E-state index in [1.807, 2.05) is 4.68 Å². The molecule has 2 aromatic rings. The van der Waals surface area contributed by atoms with Crippen LogP contribution in [0.1, 0.15) is 17.9 Å². The fourth-order valence-electron chi connectivity index (χ4n) is 2.25. The molecule has 0 aliphatic carbocycles. The van der Waals surface area contributed by atoms with Gasteiger partial charge in [0.1, 0.15) is 12.2 Å². The van der Waals surface area contributed by atoms with Gasteiger partial charge in [-0.1, -0.05) is 5.16 Å². The summed E-state index contributed by atoms with van der Waals surface area (Å²) in [6, 6.07) is 1.91. The molecular weight excluding hydrogens is 260 g/mol. The fraction of sp³-hybridized carbons (Fsp3) is 0.500. The number of nitrogens with one attached hydrogen (secondary N) is 2. The second kappa shape index (κ2) is 5.41. The quantitative estimate of drug-likeness (QED) is 0.823. The number of anilines is 1. The Labute approximate surface area is 115 Å². The number of rotatable bonds is 4. The van der Waals surface area contributed by atoms with Crippen molar-refractivity contribution in [2.75, 3.05) is 11.9 Å². The number of fused-ring (bicyclic) bond motifs is 1. The average Bonchev–Trinajstić information content (AvgIpc) is 3.04. The molecule has 0 bridgehead atoms. The summed E-state index contributed by atoms with van der Waals surface area (Å²) in [5.74, 6) is 1.23. The summed E-state index contributed by atoms with van der Waals surface area (Å²) in [7, 11) is 0. The zero-order valence-corrected chi connectivity index (χ0v) is 11.2. The molecule has 1 amide bonds. The van der Waals surface area contributed by atoms with Crippen molar-refractivity contribution in [1.29, 1.82) is 0 Å². The topological polar surface area (TPSA) is 97.9 Å². The summed E-state index contributed by atoms with van der Waals surface area (Å²) in [4.78, 5) is 15.9. The van der Waals surface area contributed by atoms with Crippen molar-refractivity contribution in [3.8, 4) is 0 Å². The Morgan fingerprint density at radius 3 is 3.30 bits per heavy atom. The average molecular weight is 276 g/mol. The molecule has 3 heterocycles. The molecule has 0 saturated carbocycles. The van der Waals surface area contributed by atoms with Crippen LogP contribution in [-0.2, 0) is 17.8 Å². The standard InChI is InChI=1S/C12H16N6O2/c1-8-4-12(20-17-8)16-11(19)5-13-9-2-3-10-14-7-15-18(10)6-9/h4,7,9,13H,2-3,5-6H2,1H3,(H,16,19)/t9-/m1/s1. The molecule has 0 aromatic carbocycles. The zero-order chi connectivity index (χ0) is 13.9. The van der Waals surface area contributed by atoms with Crippen LogP contribution in [0.5, 0.6) is 0 Å². The van der Waals surface area contributed by atoms with Crippen LogP contribution in [0.15, 0.2) is 16.9 Å². The van der Waals surface area contributed by atoms with Gasteiger partial charge in [-0.25, -0.2) is 9.67 Å². The zero-order valence-electron chi connectivity index (χ0n) is 11.2. The Kier molecular flexibility index (Phi) is 3.46. The third-order valence-corrected chi connectivity index (χ3v) is 3.25. The van der Waals surface area contributed by atoms with Crippen molar-refractivity contribution < 1.29 is 9.32 Å². The third-order valence-electron chi connectivity index (χ3n) is 3.25. The number of carbonyl (C=O) groups excluding carboxylic acids is 1. The summed E-state index contributed by atoms with van der Waals surface area (Å²) >= 11 is 0. The molecule has 0 saturated heterocycles. The number of amides is 1. The van der Waals surface area contributed by atoms with E-state index in [0.717, 1.165) is 30.9 Å². The fourth-order valence-corrected chi connectivity index (χ4v) is 2.25. The highest BCUT2D eigenvalue weighted by atomic mass is 16.5. The molecule has 0 spiro atoms. The van der Waals surface area contributed by atoms with Crippen LogP contribution in [0.2, 0.25) is 0 Å². The number of hydrogen-bond donors (Lipinski definition) is 2. The van der Waals surface area contributed by atoms with Crippen molar-refractivity contribution >= 4 is 11.8 Å². The Bertz CT molecular complexity index is 605. The molecule has 0 radical (unpaired) electrons. The highest BCUT2D eigenvalue weighted by Crippen LogP contribution is 2.11. The van der Waals surface area contributed by atoms with E-state index in [9.17, 15) is 4.79 Å².